The Morgan fingerprint density at radius 2 is 2.04 bits per heavy atom. The highest BCUT2D eigenvalue weighted by Gasteiger charge is 2.37. The van der Waals surface area contributed by atoms with E-state index >= 15 is 0 Å². The van der Waals surface area contributed by atoms with E-state index in [1.54, 1.807) is 28.6 Å². The van der Waals surface area contributed by atoms with Gasteiger partial charge in [-0.05, 0) is 44.0 Å². The van der Waals surface area contributed by atoms with Gasteiger partial charge < -0.3 is 19.2 Å². The van der Waals surface area contributed by atoms with Crippen LogP contribution in [0.5, 0.6) is 0 Å². The molecular formula is C17H19NO5S. The van der Waals surface area contributed by atoms with Gasteiger partial charge in [0.05, 0.1) is 19.4 Å². The lowest BCUT2D eigenvalue weighted by molar-refractivity contribution is -0.155. The number of amides is 1. The molecule has 0 spiro atoms. The summed E-state index contributed by atoms with van der Waals surface area (Å²) in [6.07, 6.45) is 0.752. The zero-order valence-electron chi connectivity index (χ0n) is 13.3. The topological polar surface area (TPSA) is 80.0 Å². The first-order chi connectivity index (χ1) is 11.5. The highest BCUT2D eigenvalue weighted by atomic mass is 32.1. The third kappa shape index (κ3) is 3.85. The van der Waals surface area contributed by atoms with Crippen LogP contribution in [0.2, 0.25) is 0 Å². The van der Waals surface area contributed by atoms with Gasteiger partial charge in [0.2, 0.25) is 0 Å². The van der Waals surface area contributed by atoms with Crippen LogP contribution in [0.4, 0.5) is 0 Å². The molecule has 2 atom stereocenters. The molecule has 1 fully saturated rings. The van der Waals surface area contributed by atoms with Gasteiger partial charge in [0.25, 0.3) is 5.91 Å². The van der Waals surface area contributed by atoms with E-state index in [4.69, 9.17) is 14.3 Å². The van der Waals surface area contributed by atoms with Gasteiger partial charge >= 0.3 is 5.97 Å². The standard InChI is InChI=1S/C17H19NO5S/c1-11-4-5-13(24-11)10-18(9-12-3-2-8-22-12)16(19)14-6-7-15(23-14)17(20)21/h2-5,8,14-15H,6-7,9-10H2,1H3,(H,20,21)/t14-,15+/m0/s1. The molecule has 1 saturated heterocycles. The van der Waals surface area contributed by atoms with Gasteiger partial charge in [-0.15, -0.1) is 11.3 Å². The lowest BCUT2D eigenvalue weighted by atomic mass is 10.1. The molecule has 1 aliphatic rings. The minimum Gasteiger partial charge on any atom is -0.479 e. The minimum atomic E-state index is -1.02. The molecule has 2 aromatic rings. The Bertz CT molecular complexity index is 708. The van der Waals surface area contributed by atoms with Crippen LogP contribution in [0, 0.1) is 6.92 Å². The van der Waals surface area contributed by atoms with Crippen LogP contribution in [-0.2, 0) is 27.4 Å². The number of carboxylic acids is 1. The van der Waals surface area contributed by atoms with Gasteiger partial charge in [-0.3, -0.25) is 4.79 Å². The summed E-state index contributed by atoms with van der Waals surface area (Å²) in [5, 5.41) is 9.03. The van der Waals surface area contributed by atoms with Crippen LogP contribution in [0.1, 0.15) is 28.4 Å². The van der Waals surface area contributed by atoms with E-state index in [2.05, 4.69) is 0 Å². The second-order valence-corrected chi connectivity index (χ2v) is 7.19. The number of rotatable bonds is 6. The Morgan fingerprint density at radius 3 is 2.62 bits per heavy atom. The van der Waals surface area contributed by atoms with Crippen molar-refractivity contribution in [3.63, 3.8) is 0 Å². The number of aryl methyl sites for hydroxylation is 1. The summed E-state index contributed by atoms with van der Waals surface area (Å²) in [6.45, 7) is 2.81. The molecule has 1 aliphatic heterocycles. The largest absolute Gasteiger partial charge is 0.479 e. The number of thiophene rings is 1. The number of carbonyl (C=O) groups excluding carboxylic acids is 1. The molecule has 7 heteroatoms. The Labute approximate surface area is 143 Å². The molecule has 1 N–H and O–H groups in total. The van der Waals surface area contributed by atoms with Crippen molar-refractivity contribution in [2.24, 2.45) is 0 Å². The molecule has 0 unspecified atom stereocenters. The fraction of sp³-hybridized carbons (Fsp3) is 0.412. The fourth-order valence-electron chi connectivity index (χ4n) is 2.76. The predicted octanol–water partition coefficient (Wildman–Crippen LogP) is 2.81. The molecule has 0 bridgehead atoms. The van der Waals surface area contributed by atoms with Crippen LogP contribution >= 0.6 is 11.3 Å². The van der Waals surface area contributed by atoms with Gasteiger partial charge in [0.1, 0.15) is 11.9 Å². The maximum atomic E-state index is 12.8. The number of aliphatic carboxylic acids is 1. The minimum absolute atomic E-state index is 0.193. The second kappa shape index (κ2) is 7.19. The number of nitrogens with zero attached hydrogens (tertiary/aromatic N) is 1. The Balaban J connectivity index is 1.73. The summed E-state index contributed by atoms with van der Waals surface area (Å²) in [6, 6.07) is 7.61. The Hall–Kier alpha value is -2.12. The van der Waals surface area contributed by atoms with E-state index in [-0.39, 0.29) is 5.91 Å². The number of furan rings is 1. The molecular weight excluding hydrogens is 330 g/mol. The molecule has 3 heterocycles. The highest BCUT2D eigenvalue weighted by molar-refractivity contribution is 7.11. The molecule has 0 radical (unpaired) electrons. The number of hydrogen-bond acceptors (Lipinski definition) is 5. The Morgan fingerprint density at radius 1 is 1.25 bits per heavy atom. The molecule has 0 saturated carbocycles. The van der Waals surface area contributed by atoms with E-state index in [9.17, 15) is 9.59 Å². The van der Waals surface area contributed by atoms with Crippen molar-refractivity contribution < 1.29 is 23.8 Å². The quantitative estimate of drug-likeness (QED) is 0.867. The van der Waals surface area contributed by atoms with Crippen molar-refractivity contribution in [2.75, 3.05) is 0 Å². The molecule has 0 aromatic carbocycles. The first-order valence-corrected chi connectivity index (χ1v) is 8.59. The van der Waals surface area contributed by atoms with Crippen LogP contribution in [0.15, 0.2) is 34.9 Å². The smallest absolute Gasteiger partial charge is 0.332 e. The summed E-state index contributed by atoms with van der Waals surface area (Å²) in [5.41, 5.74) is 0. The predicted molar refractivity (Wildman–Crippen MR) is 87.5 cm³/mol. The maximum absolute atomic E-state index is 12.8. The second-order valence-electron chi connectivity index (χ2n) is 5.81. The van der Waals surface area contributed by atoms with Crippen molar-refractivity contribution in [1.29, 1.82) is 0 Å². The maximum Gasteiger partial charge on any atom is 0.332 e. The lowest BCUT2D eigenvalue weighted by Crippen LogP contribution is -2.38. The molecule has 2 aromatic heterocycles. The van der Waals surface area contributed by atoms with E-state index in [0.29, 0.717) is 31.7 Å². The third-order valence-electron chi connectivity index (χ3n) is 3.95. The van der Waals surface area contributed by atoms with Crippen LogP contribution in [0.25, 0.3) is 0 Å². The number of carbonyl (C=O) groups is 2. The highest BCUT2D eigenvalue weighted by Crippen LogP contribution is 2.25. The fourth-order valence-corrected chi connectivity index (χ4v) is 3.67. The van der Waals surface area contributed by atoms with Crippen molar-refractivity contribution >= 4 is 23.2 Å². The van der Waals surface area contributed by atoms with Gasteiger partial charge in [0, 0.05) is 9.75 Å². The number of carboxylic acid groups (broad SMARTS) is 1. The molecule has 24 heavy (non-hydrogen) atoms. The zero-order chi connectivity index (χ0) is 17.1. The van der Waals surface area contributed by atoms with E-state index in [0.717, 1.165) is 4.88 Å². The molecule has 0 aliphatic carbocycles. The van der Waals surface area contributed by atoms with Crippen molar-refractivity contribution in [2.45, 2.75) is 45.1 Å². The molecule has 6 nitrogen and oxygen atoms in total. The van der Waals surface area contributed by atoms with E-state index in [1.807, 2.05) is 25.1 Å². The van der Waals surface area contributed by atoms with Crippen molar-refractivity contribution in [1.82, 2.24) is 4.90 Å². The number of hydrogen-bond donors (Lipinski definition) is 1. The van der Waals surface area contributed by atoms with Gasteiger partial charge in [-0.2, -0.15) is 0 Å². The first kappa shape index (κ1) is 16.7. The molecule has 128 valence electrons. The molecule has 1 amide bonds. The van der Waals surface area contributed by atoms with E-state index < -0.39 is 18.2 Å². The SMILES string of the molecule is Cc1ccc(CN(Cc2ccco2)C(=O)[C@@H]2CC[C@H](C(=O)O)O2)s1. The summed E-state index contributed by atoms with van der Waals surface area (Å²) < 4.78 is 10.8. The first-order valence-electron chi connectivity index (χ1n) is 7.77. The normalized spacial score (nSPS) is 20.2. The van der Waals surface area contributed by atoms with Gasteiger partial charge in [-0.1, -0.05) is 0 Å². The van der Waals surface area contributed by atoms with Crippen molar-refractivity contribution in [3.05, 3.63) is 46.0 Å². The lowest BCUT2D eigenvalue weighted by Gasteiger charge is -2.24. The molecule has 3 rings (SSSR count). The van der Waals surface area contributed by atoms with Gasteiger partial charge in [0.15, 0.2) is 6.10 Å². The zero-order valence-corrected chi connectivity index (χ0v) is 14.1. The third-order valence-corrected chi connectivity index (χ3v) is 4.94. The summed E-state index contributed by atoms with van der Waals surface area (Å²) in [5.74, 6) is -0.526. The van der Waals surface area contributed by atoms with Crippen LogP contribution in [-0.4, -0.2) is 34.1 Å². The summed E-state index contributed by atoms with van der Waals surface area (Å²) in [7, 11) is 0. The average Bonchev–Trinajstić information content (AvgIpc) is 3.27. The summed E-state index contributed by atoms with van der Waals surface area (Å²) >= 11 is 1.63. The van der Waals surface area contributed by atoms with Crippen molar-refractivity contribution in [3.8, 4) is 0 Å². The van der Waals surface area contributed by atoms with Crippen LogP contribution < -0.4 is 0 Å². The summed E-state index contributed by atoms with van der Waals surface area (Å²) in [4.78, 5) is 27.8. The van der Waals surface area contributed by atoms with E-state index in [1.165, 1.54) is 4.88 Å². The van der Waals surface area contributed by atoms with Gasteiger partial charge in [-0.25, -0.2) is 4.79 Å². The number of ether oxygens (including phenoxy) is 1. The van der Waals surface area contributed by atoms with Crippen LogP contribution in [0.3, 0.4) is 0 Å². The average molecular weight is 349 g/mol. The monoisotopic (exact) mass is 349 g/mol. The Kier molecular flexibility index (Phi) is 5.01.